The van der Waals surface area contributed by atoms with Crippen LogP contribution in [0.2, 0.25) is 0 Å². The number of aliphatic carboxylic acids is 1. The predicted octanol–water partition coefficient (Wildman–Crippen LogP) is 6.40. The number of allylic oxidation sites excluding steroid dienone is 1. The van der Waals surface area contributed by atoms with Gasteiger partial charge >= 0.3 is 5.97 Å². The van der Waals surface area contributed by atoms with Crippen LogP contribution in [0.25, 0.3) is 0 Å². The van der Waals surface area contributed by atoms with Crippen molar-refractivity contribution in [1.82, 2.24) is 5.32 Å². The molecule has 0 unspecified atom stereocenters. The summed E-state index contributed by atoms with van der Waals surface area (Å²) in [7, 11) is 0. The summed E-state index contributed by atoms with van der Waals surface area (Å²) in [6.07, 6.45) is 10.7. The number of fused-ring (bicyclic) bond motifs is 5. The van der Waals surface area contributed by atoms with Gasteiger partial charge in [0.1, 0.15) is 17.9 Å². The summed E-state index contributed by atoms with van der Waals surface area (Å²) in [5.41, 5.74) is 1.55. The number of aliphatic hydroxyl groups is 2. The molecule has 19 atom stereocenters. The molecule has 13 heteroatoms. The van der Waals surface area contributed by atoms with E-state index in [1.54, 1.807) is 0 Å². The number of carboxylic acids is 1. The maximum Gasteiger partial charge on any atom is 0.303 e. The van der Waals surface area contributed by atoms with Crippen molar-refractivity contribution in [2.45, 2.75) is 215 Å². The summed E-state index contributed by atoms with van der Waals surface area (Å²) in [6, 6.07) is 0. The van der Waals surface area contributed by atoms with Crippen molar-refractivity contribution >= 4 is 5.97 Å². The van der Waals surface area contributed by atoms with Gasteiger partial charge < -0.3 is 53.2 Å². The summed E-state index contributed by atoms with van der Waals surface area (Å²) >= 11 is 0. The Balaban J connectivity index is 0.837. The summed E-state index contributed by atoms with van der Waals surface area (Å²) in [6.45, 7) is 18.6. The lowest BCUT2D eigenvalue weighted by Gasteiger charge is -2.52. The molecular formula is C47H71NO12. The first-order valence-electron chi connectivity index (χ1n) is 23.2. The molecule has 0 radical (unpaired) electrons. The molecular weight excluding hydrogens is 771 g/mol. The molecule has 0 aromatic rings. The highest BCUT2D eigenvalue weighted by molar-refractivity contribution is 5.66. The Labute approximate surface area is 355 Å². The molecule has 8 fully saturated rings. The smallest absolute Gasteiger partial charge is 0.303 e. The average Bonchev–Trinajstić information content (AvgIpc) is 3.86. The highest BCUT2D eigenvalue weighted by Crippen LogP contribution is 2.55. The van der Waals surface area contributed by atoms with E-state index < -0.39 is 53.2 Å². The molecule has 9 aliphatic rings. The molecule has 13 nitrogen and oxygen atoms in total. The molecule has 4 N–H and O–H groups in total. The standard InChI is InChI=1S/C47H71NO12/c1-26-17-33(10-8-9-11-39(49)50)54-43(21-26)14-15-47(60-43)32(7)19-34-35(57-47)20-37(53-34)42(51)46(52)13-12-29(4)40(59-46)30(5)23-44-22-27(2)18-36(55-44)41-38(56-44)24-45(58-41)31(6)16-28(3)25-48-45/h8,10,21,27-29,31-38,40-42,48,51-52H,5,9,11-20,22-25H2,1-4,6-7H3,(H,49,50)/b10-8+/t27-,28+,29+,31-,32+,33-,34+,35+,36+,37-,38+,40+,41+,42+,43-,44-,45-,46-,47-/m1/s1. The van der Waals surface area contributed by atoms with Crippen molar-refractivity contribution in [3.05, 3.63) is 36.0 Å². The van der Waals surface area contributed by atoms with Crippen molar-refractivity contribution in [3.8, 4) is 0 Å². The third-order valence-electron chi connectivity index (χ3n) is 15.7. The number of nitrogens with one attached hydrogen (secondary N) is 1. The lowest BCUT2D eigenvalue weighted by Crippen LogP contribution is -2.60. The van der Waals surface area contributed by atoms with Crippen LogP contribution in [0.15, 0.2) is 36.0 Å². The number of carbonyl (C=O) groups is 1. The van der Waals surface area contributed by atoms with Crippen molar-refractivity contribution < 1.29 is 58.0 Å². The van der Waals surface area contributed by atoms with E-state index in [1.165, 1.54) is 0 Å². The van der Waals surface area contributed by atoms with E-state index in [4.69, 9.17) is 43.0 Å². The van der Waals surface area contributed by atoms with Crippen LogP contribution in [0.3, 0.4) is 0 Å². The zero-order chi connectivity index (χ0) is 42.4. The van der Waals surface area contributed by atoms with Gasteiger partial charge in [-0.1, -0.05) is 58.9 Å². The van der Waals surface area contributed by atoms with Gasteiger partial charge in [0.05, 0.1) is 42.7 Å². The maximum atomic E-state index is 12.2. The van der Waals surface area contributed by atoms with Gasteiger partial charge in [0.25, 0.3) is 0 Å². The number of hydrogen-bond donors (Lipinski definition) is 4. The van der Waals surface area contributed by atoms with Crippen molar-refractivity contribution in [3.63, 3.8) is 0 Å². The number of hydrogen-bond acceptors (Lipinski definition) is 12. The van der Waals surface area contributed by atoms with E-state index in [0.29, 0.717) is 69.1 Å². The molecule has 60 heavy (non-hydrogen) atoms. The third-order valence-corrected chi connectivity index (χ3v) is 15.7. The Morgan fingerprint density at radius 3 is 2.50 bits per heavy atom. The molecule has 8 saturated heterocycles. The molecule has 0 amide bonds. The lowest BCUT2D eigenvalue weighted by atomic mass is 9.79. The minimum Gasteiger partial charge on any atom is -0.481 e. The number of rotatable bonds is 9. The number of carboxylic acid groups (broad SMARTS) is 1. The Morgan fingerprint density at radius 1 is 0.917 bits per heavy atom. The first-order valence-corrected chi connectivity index (χ1v) is 23.2. The van der Waals surface area contributed by atoms with Gasteiger partial charge in [0.2, 0.25) is 0 Å². The largest absolute Gasteiger partial charge is 0.481 e. The highest BCUT2D eigenvalue weighted by atomic mass is 16.8. The van der Waals surface area contributed by atoms with E-state index >= 15 is 0 Å². The fourth-order valence-corrected chi connectivity index (χ4v) is 12.7. The van der Waals surface area contributed by atoms with Crippen LogP contribution in [-0.4, -0.2) is 112 Å². The van der Waals surface area contributed by atoms with E-state index in [-0.39, 0.29) is 61.3 Å². The van der Waals surface area contributed by atoms with Crippen LogP contribution in [0, 0.1) is 29.6 Å². The summed E-state index contributed by atoms with van der Waals surface area (Å²) in [4.78, 5) is 11.0. The summed E-state index contributed by atoms with van der Waals surface area (Å²) in [5.74, 6) is -3.97. The SMILES string of the molecule is C=C(C[C@]12C[C@H](C)C[C@H](O1)[C@@H]1O[C@@]3(C[C@@H]1O2)NC[C@@H](C)C[C@H]3C)[C@H]1O[C@@](O)([C@@H](O)[C@H]2C[C@@H]3O[C@@]4(CC[C@]5(C=C(C)C[C@@H](/C=C/CCC(=O)O)O5)O4)[C@@H](C)C[C@@H]3O2)CC[C@@H]1C. The van der Waals surface area contributed by atoms with Crippen LogP contribution in [0.5, 0.6) is 0 Å². The topological polar surface area (TPSA) is 164 Å². The minimum absolute atomic E-state index is 0.0197. The summed E-state index contributed by atoms with van der Waals surface area (Å²) < 4.78 is 54.1. The fourth-order valence-electron chi connectivity index (χ4n) is 12.7. The molecule has 0 saturated carbocycles. The second-order valence-electron chi connectivity index (χ2n) is 20.9. The van der Waals surface area contributed by atoms with Gasteiger partial charge in [-0.15, -0.1) is 0 Å². The molecule has 3 spiro atoms. The molecule has 0 aliphatic carbocycles. The Hall–Kier alpha value is -1.75. The highest BCUT2D eigenvalue weighted by Gasteiger charge is 2.64. The van der Waals surface area contributed by atoms with Gasteiger partial charge in [-0.3, -0.25) is 10.1 Å². The molecule has 336 valence electrons. The number of ether oxygens (including phenoxy) is 8. The maximum absolute atomic E-state index is 12.2. The molecule has 9 heterocycles. The summed E-state index contributed by atoms with van der Waals surface area (Å²) in [5, 5.41) is 36.9. The second kappa shape index (κ2) is 16.0. The van der Waals surface area contributed by atoms with Crippen LogP contribution >= 0.6 is 0 Å². The van der Waals surface area contributed by atoms with Crippen LogP contribution in [0.1, 0.15) is 131 Å². The Morgan fingerprint density at radius 2 is 1.72 bits per heavy atom. The number of piperidine rings is 1. The van der Waals surface area contributed by atoms with Gasteiger partial charge in [-0.25, -0.2) is 0 Å². The normalized spacial score (nSPS) is 51.8. The fraction of sp³-hybridized carbons (Fsp3) is 0.851. The first kappa shape index (κ1) is 43.5. The second-order valence-corrected chi connectivity index (χ2v) is 20.9. The lowest BCUT2D eigenvalue weighted by molar-refractivity contribution is -0.366. The molecule has 0 aromatic carbocycles. The molecule has 9 aliphatic heterocycles. The zero-order valence-electron chi connectivity index (χ0n) is 36.6. The van der Waals surface area contributed by atoms with Gasteiger partial charge in [0.15, 0.2) is 23.1 Å². The third kappa shape index (κ3) is 8.03. The van der Waals surface area contributed by atoms with Gasteiger partial charge in [-0.2, -0.15) is 0 Å². The monoisotopic (exact) mass is 841 g/mol. The molecule has 2 bridgehead atoms. The van der Waals surface area contributed by atoms with E-state index in [1.807, 2.05) is 12.2 Å². The average molecular weight is 842 g/mol. The van der Waals surface area contributed by atoms with Crippen molar-refractivity contribution in [2.75, 3.05) is 6.54 Å². The predicted molar refractivity (Wildman–Crippen MR) is 219 cm³/mol. The van der Waals surface area contributed by atoms with E-state index in [2.05, 4.69) is 59.5 Å². The first-order chi connectivity index (χ1) is 28.4. The van der Waals surface area contributed by atoms with Crippen molar-refractivity contribution in [1.29, 1.82) is 0 Å². The minimum atomic E-state index is -1.84. The van der Waals surface area contributed by atoms with Crippen LogP contribution < -0.4 is 5.32 Å². The molecule has 9 rings (SSSR count). The Bertz CT molecular complexity index is 1710. The Kier molecular flexibility index (Phi) is 11.6. The van der Waals surface area contributed by atoms with E-state index in [9.17, 15) is 15.0 Å². The number of aliphatic hydroxyl groups excluding tert-OH is 1. The quantitative estimate of drug-likeness (QED) is 0.189. The molecule has 0 aromatic heterocycles. The van der Waals surface area contributed by atoms with Crippen molar-refractivity contribution in [2.24, 2.45) is 29.6 Å². The van der Waals surface area contributed by atoms with Crippen LogP contribution in [0.4, 0.5) is 0 Å². The van der Waals surface area contributed by atoms with Crippen LogP contribution in [-0.2, 0) is 42.7 Å². The zero-order valence-corrected chi connectivity index (χ0v) is 36.6. The van der Waals surface area contributed by atoms with Gasteiger partial charge in [0, 0.05) is 63.8 Å². The van der Waals surface area contributed by atoms with Gasteiger partial charge in [-0.05, 0) is 80.8 Å². The van der Waals surface area contributed by atoms with E-state index in [0.717, 1.165) is 43.4 Å².